The maximum atomic E-state index is 11.8. The van der Waals surface area contributed by atoms with Gasteiger partial charge in [-0.05, 0) is 19.4 Å². The van der Waals surface area contributed by atoms with Gasteiger partial charge in [0, 0.05) is 26.9 Å². The van der Waals surface area contributed by atoms with Crippen molar-refractivity contribution in [3.63, 3.8) is 0 Å². The number of hydrogen-bond donors (Lipinski definition) is 0. The highest BCUT2D eigenvalue weighted by Crippen LogP contribution is 2.08. The van der Waals surface area contributed by atoms with Crippen molar-refractivity contribution < 1.29 is 27.6 Å². The van der Waals surface area contributed by atoms with Crippen molar-refractivity contribution >= 4 is 20.2 Å². The average Bonchev–Trinajstić information content (AvgIpc) is 2.40. The summed E-state index contributed by atoms with van der Waals surface area (Å²) in [6.07, 6.45) is 3.30. The first-order valence-electron chi connectivity index (χ1n) is 5.62. The van der Waals surface area contributed by atoms with Gasteiger partial charge in [-0.15, -0.1) is 0 Å². The van der Waals surface area contributed by atoms with E-state index in [-0.39, 0.29) is 12.0 Å². The van der Waals surface area contributed by atoms with Crippen LogP contribution in [-0.2, 0) is 27.6 Å². The Bertz CT molecular complexity index is 351. The predicted molar refractivity (Wildman–Crippen MR) is 71.3 cm³/mol. The molecular weight excluding hydrogens is 268 g/mol. The molecule has 0 N–H and O–H groups in total. The van der Waals surface area contributed by atoms with Crippen molar-refractivity contribution in [3.05, 3.63) is 24.3 Å². The van der Waals surface area contributed by atoms with Crippen molar-refractivity contribution in [2.24, 2.45) is 0 Å². The number of rotatable bonds is 9. The molecule has 0 radical (unpaired) electrons. The number of carbonyl (C=O) groups is 2. The first-order valence-corrected chi connectivity index (χ1v) is 7.35. The normalized spacial score (nSPS) is 11.6. The number of carbonyl (C=O) groups excluding carboxylic acids is 2. The van der Waals surface area contributed by atoms with Crippen LogP contribution < -0.4 is 0 Å². The van der Waals surface area contributed by atoms with E-state index in [1.165, 1.54) is 27.4 Å². The fourth-order valence-electron chi connectivity index (χ4n) is 1.19. The lowest BCUT2D eigenvalue weighted by Crippen LogP contribution is -2.50. The molecule has 0 unspecified atom stereocenters. The van der Waals surface area contributed by atoms with Crippen LogP contribution in [0.1, 0.15) is 13.3 Å². The minimum absolute atomic E-state index is 0.178. The van der Waals surface area contributed by atoms with Crippen LogP contribution in [0.3, 0.4) is 0 Å². The highest BCUT2D eigenvalue weighted by atomic mass is 28.4. The van der Waals surface area contributed by atoms with E-state index >= 15 is 0 Å². The third-order valence-corrected chi connectivity index (χ3v) is 4.63. The van der Waals surface area contributed by atoms with Gasteiger partial charge in [0.15, 0.2) is 0 Å². The predicted octanol–water partition coefficient (Wildman–Crippen LogP) is 1.04. The van der Waals surface area contributed by atoms with Crippen molar-refractivity contribution in [1.82, 2.24) is 0 Å². The van der Waals surface area contributed by atoms with Crippen LogP contribution in [0, 0.1) is 0 Å². The fourth-order valence-corrected chi connectivity index (χ4v) is 2.61. The first kappa shape index (κ1) is 17.7. The van der Waals surface area contributed by atoms with Gasteiger partial charge in [0.2, 0.25) is 5.41 Å². The van der Waals surface area contributed by atoms with E-state index in [2.05, 4.69) is 6.58 Å². The molecule has 0 aromatic carbocycles. The lowest BCUT2D eigenvalue weighted by molar-refractivity contribution is -0.138. The highest BCUT2D eigenvalue weighted by Gasteiger charge is 2.46. The topological polar surface area (TPSA) is 71.1 Å². The summed E-state index contributed by atoms with van der Waals surface area (Å²) in [7, 11) is 0.814. The van der Waals surface area contributed by atoms with Crippen LogP contribution in [0.25, 0.3) is 0 Å². The van der Waals surface area contributed by atoms with E-state index in [0.717, 1.165) is 0 Å². The van der Waals surface area contributed by atoms with E-state index < -0.39 is 14.8 Å². The largest absolute Gasteiger partial charge is 0.578 e. The molecule has 0 spiro atoms. The Morgan fingerprint density at radius 1 is 1.16 bits per heavy atom. The van der Waals surface area contributed by atoms with Crippen molar-refractivity contribution in [2.75, 3.05) is 27.9 Å². The van der Waals surface area contributed by atoms with Gasteiger partial charge >= 0.3 is 14.8 Å². The first-order chi connectivity index (χ1) is 8.93. The number of esters is 1. The maximum absolute atomic E-state index is 11.8. The molecule has 19 heavy (non-hydrogen) atoms. The Hall–Kier alpha value is -1.28. The van der Waals surface area contributed by atoms with Gasteiger partial charge in [-0.3, -0.25) is 4.79 Å². The van der Waals surface area contributed by atoms with Gasteiger partial charge < -0.3 is 18.0 Å². The third-order valence-electron chi connectivity index (χ3n) is 2.24. The summed E-state index contributed by atoms with van der Waals surface area (Å²) in [5.74, 6) is -0.450. The second-order valence-corrected chi connectivity index (χ2v) is 6.47. The van der Waals surface area contributed by atoms with E-state index in [1.807, 2.05) is 0 Å². The van der Waals surface area contributed by atoms with Gasteiger partial charge in [-0.2, -0.15) is 0 Å². The molecule has 0 fully saturated rings. The van der Waals surface area contributed by atoms with Gasteiger partial charge in [-0.1, -0.05) is 12.7 Å². The van der Waals surface area contributed by atoms with E-state index in [0.29, 0.717) is 12.0 Å². The van der Waals surface area contributed by atoms with E-state index in [9.17, 15) is 9.59 Å². The molecule has 0 heterocycles. The van der Waals surface area contributed by atoms with Crippen LogP contribution in [-0.4, -0.2) is 48.1 Å². The Morgan fingerprint density at radius 2 is 1.68 bits per heavy atom. The average molecular weight is 288 g/mol. The second-order valence-electron chi connectivity index (χ2n) is 3.64. The number of allylic oxidation sites excluding steroid dienone is 1. The second kappa shape index (κ2) is 8.76. The summed E-state index contributed by atoms with van der Waals surface area (Å²) in [6, 6.07) is 0. The van der Waals surface area contributed by atoms with Crippen LogP contribution in [0.5, 0.6) is 0 Å². The highest BCUT2D eigenvalue weighted by molar-refractivity contribution is 6.94. The van der Waals surface area contributed by atoms with Crippen LogP contribution in [0.2, 0.25) is 0 Å². The minimum Gasteiger partial charge on any atom is -0.462 e. The van der Waals surface area contributed by atoms with Crippen molar-refractivity contribution in [1.29, 1.82) is 0 Å². The van der Waals surface area contributed by atoms with Crippen LogP contribution in [0.4, 0.5) is 0 Å². The van der Waals surface area contributed by atoms with Crippen LogP contribution >= 0.6 is 0 Å². The molecule has 0 aromatic rings. The van der Waals surface area contributed by atoms with Crippen molar-refractivity contribution in [3.8, 4) is 0 Å². The zero-order valence-electron chi connectivity index (χ0n) is 11.7. The van der Waals surface area contributed by atoms with Gasteiger partial charge in [0.1, 0.15) is 0 Å². The fraction of sp³-hybridized carbons (Fsp3) is 0.500. The zero-order valence-corrected chi connectivity index (χ0v) is 12.7. The minimum atomic E-state index is -3.27. The molecule has 0 aromatic heterocycles. The standard InChI is InChI=1S/C12H20O6Si/c1-10(2)12(14)18-9-7-6-8-11(13)19(15-3,16-4)17-5/h6,8H,1,7,9H2,2-5H3. The molecule has 0 aliphatic carbocycles. The molecule has 0 aliphatic heterocycles. The molecule has 7 heteroatoms. The molecule has 108 valence electrons. The summed E-state index contributed by atoms with van der Waals surface area (Å²) in [6.45, 7) is 5.20. The Labute approximate surface area is 114 Å². The summed E-state index contributed by atoms with van der Waals surface area (Å²) >= 11 is 0. The summed E-state index contributed by atoms with van der Waals surface area (Å²) in [4.78, 5) is 22.9. The summed E-state index contributed by atoms with van der Waals surface area (Å²) < 4.78 is 19.9. The molecule has 0 rings (SSSR count). The Morgan fingerprint density at radius 3 is 2.11 bits per heavy atom. The number of hydrogen-bond acceptors (Lipinski definition) is 6. The molecule has 0 saturated heterocycles. The molecule has 0 saturated carbocycles. The third kappa shape index (κ3) is 5.47. The molecule has 0 atom stereocenters. The SMILES string of the molecule is C=C(C)C(=O)OCCC=CC(=O)[Si](OC)(OC)OC. The molecule has 0 bridgehead atoms. The lowest BCUT2D eigenvalue weighted by Gasteiger charge is -2.20. The molecule has 0 aliphatic rings. The van der Waals surface area contributed by atoms with Gasteiger partial charge in [-0.25, -0.2) is 4.79 Å². The number of ether oxygens (including phenoxy) is 1. The Balaban J connectivity index is 4.23. The van der Waals surface area contributed by atoms with Crippen molar-refractivity contribution in [2.45, 2.75) is 13.3 Å². The summed E-state index contributed by atoms with van der Waals surface area (Å²) in [5.41, 5.74) is 0.338. The smallest absolute Gasteiger partial charge is 0.462 e. The maximum Gasteiger partial charge on any atom is 0.578 e. The van der Waals surface area contributed by atoms with E-state index in [4.69, 9.17) is 18.0 Å². The molecule has 0 amide bonds. The molecular formula is C12H20O6Si. The van der Waals surface area contributed by atoms with E-state index in [1.54, 1.807) is 13.0 Å². The van der Waals surface area contributed by atoms with Crippen LogP contribution in [0.15, 0.2) is 24.3 Å². The summed E-state index contributed by atoms with van der Waals surface area (Å²) in [5, 5.41) is -0.355. The lowest BCUT2D eigenvalue weighted by atomic mass is 10.3. The quantitative estimate of drug-likeness (QED) is 0.273. The Kier molecular flexibility index (Phi) is 8.16. The van der Waals surface area contributed by atoms with Gasteiger partial charge in [0.25, 0.3) is 0 Å². The molecule has 6 nitrogen and oxygen atoms in total. The zero-order chi connectivity index (χ0) is 14.9. The van der Waals surface area contributed by atoms with Gasteiger partial charge in [0.05, 0.1) is 6.61 Å². The monoisotopic (exact) mass is 288 g/mol.